The molecule has 0 radical (unpaired) electrons. The highest BCUT2D eigenvalue weighted by Crippen LogP contribution is 2.50. The highest BCUT2D eigenvalue weighted by molar-refractivity contribution is 5.76. The molecule has 2 N–H and O–H groups in total. The van der Waals surface area contributed by atoms with E-state index in [1.165, 1.54) is 5.57 Å². The summed E-state index contributed by atoms with van der Waals surface area (Å²) >= 11 is 0. The Hall–Kier alpha value is -1.61. The maximum atomic E-state index is 12.3. The van der Waals surface area contributed by atoms with Crippen LogP contribution in [-0.2, 0) is 9.53 Å². The van der Waals surface area contributed by atoms with Gasteiger partial charge in [-0.15, -0.1) is 11.8 Å². The van der Waals surface area contributed by atoms with Crippen molar-refractivity contribution in [1.82, 2.24) is 4.90 Å². The summed E-state index contributed by atoms with van der Waals surface area (Å²) in [5, 5.41) is 20.9. The van der Waals surface area contributed by atoms with Crippen molar-refractivity contribution in [2.24, 2.45) is 23.7 Å². The van der Waals surface area contributed by atoms with Crippen LogP contribution in [0, 0.1) is 35.5 Å². The van der Waals surface area contributed by atoms with E-state index >= 15 is 0 Å². The number of aliphatic hydroxyl groups is 2. The molecule has 0 bridgehead atoms. The van der Waals surface area contributed by atoms with E-state index in [1.54, 1.807) is 0 Å². The van der Waals surface area contributed by atoms with Crippen LogP contribution in [0.4, 0.5) is 0 Å². The fraction of sp³-hybridized carbons (Fsp3) is 0.731. The van der Waals surface area contributed by atoms with Gasteiger partial charge in [0.15, 0.2) is 0 Å². The van der Waals surface area contributed by atoms with Crippen LogP contribution in [0.25, 0.3) is 0 Å². The summed E-state index contributed by atoms with van der Waals surface area (Å²) < 4.78 is 5.31. The molecule has 0 aromatic rings. The number of nitrogens with zero attached hydrogens (tertiary/aromatic N) is 1. The van der Waals surface area contributed by atoms with E-state index in [0.717, 1.165) is 45.2 Å². The maximum Gasteiger partial charge on any atom is 0.222 e. The topological polar surface area (TPSA) is 70.0 Å². The molecule has 3 fully saturated rings. The zero-order valence-corrected chi connectivity index (χ0v) is 19.1. The van der Waals surface area contributed by atoms with Gasteiger partial charge in [0.25, 0.3) is 0 Å². The number of carbonyl (C=O) groups excluding carboxylic acids is 1. The van der Waals surface area contributed by atoms with E-state index in [2.05, 4.69) is 24.0 Å². The molecule has 5 nitrogen and oxygen atoms in total. The normalized spacial score (nSPS) is 31.5. The number of unbranched alkanes of at least 4 members (excludes halogenated alkanes) is 1. The van der Waals surface area contributed by atoms with Gasteiger partial charge in [-0.25, -0.2) is 0 Å². The van der Waals surface area contributed by atoms with Gasteiger partial charge in [0.05, 0.1) is 25.4 Å². The highest BCUT2D eigenvalue weighted by Gasteiger charge is 2.45. The number of carbonyl (C=O) groups is 1. The van der Waals surface area contributed by atoms with Gasteiger partial charge in [0.1, 0.15) is 0 Å². The number of allylic oxidation sites excluding steroid dienone is 2. The number of fused-ring (bicyclic) bond motifs is 1. The van der Waals surface area contributed by atoms with Crippen LogP contribution in [0.3, 0.4) is 0 Å². The summed E-state index contributed by atoms with van der Waals surface area (Å²) in [4.78, 5) is 14.2. The minimum atomic E-state index is -0.521. The van der Waals surface area contributed by atoms with Crippen LogP contribution in [0.5, 0.6) is 0 Å². The van der Waals surface area contributed by atoms with Crippen LogP contribution >= 0.6 is 0 Å². The number of morpholine rings is 1. The Balaban J connectivity index is 1.45. The average Bonchev–Trinajstić information content (AvgIpc) is 3.30. The van der Waals surface area contributed by atoms with Crippen molar-refractivity contribution < 1.29 is 19.7 Å². The lowest BCUT2D eigenvalue weighted by Gasteiger charge is -2.26. The Morgan fingerprint density at radius 1 is 1.32 bits per heavy atom. The summed E-state index contributed by atoms with van der Waals surface area (Å²) in [5.74, 6) is 7.37. The van der Waals surface area contributed by atoms with Gasteiger partial charge in [0, 0.05) is 31.8 Å². The van der Waals surface area contributed by atoms with Crippen molar-refractivity contribution in [3.8, 4) is 11.8 Å². The van der Waals surface area contributed by atoms with E-state index in [0.29, 0.717) is 37.9 Å². The largest absolute Gasteiger partial charge is 0.392 e. The third-order valence-electron chi connectivity index (χ3n) is 7.22. The van der Waals surface area contributed by atoms with E-state index in [-0.39, 0.29) is 23.8 Å². The highest BCUT2D eigenvalue weighted by atomic mass is 16.5. The lowest BCUT2D eigenvalue weighted by Crippen LogP contribution is -2.40. The first kappa shape index (κ1) is 24.0. The van der Waals surface area contributed by atoms with Crippen LogP contribution in [-0.4, -0.2) is 59.5 Å². The molecule has 1 saturated heterocycles. The summed E-state index contributed by atoms with van der Waals surface area (Å²) in [6.45, 7) is 6.58. The summed E-state index contributed by atoms with van der Waals surface area (Å²) in [6.07, 6.45) is 11.5. The monoisotopic (exact) mass is 429 g/mol. The Bertz CT molecular complexity index is 713. The first-order valence-corrected chi connectivity index (χ1v) is 12.0. The number of aliphatic hydroxyl groups excluding tert-OH is 2. The van der Waals surface area contributed by atoms with Crippen molar-refractivity contribution in [3.05, 3.63) is 23.8 Å². The number of hydrogen-bond acceptors (Lipinski definition) is 4. The van der Waals surface area contributed by atoms with E-state index in [1.807, 2.05) is 24.8 Å². The molecule has 31 heavy (non-hydrogen) atoms. The molecule has 0 spiro atoms. The van der Waals surface area contributed by atoms with Gasteiger partial charge in [-0.2, -0.15) is 0 Å². The first-order valence-electron chi connectivity index (χ1n) is 12.0. The lowest BCUT2D eigenvalue weighted by molar-refractivity contribution is -0.135. The number of ether oxygens (including phenoxy) is 1. The van der Waals surface area contributed by atoms with Crippen LogP contribution in [0.1, 0.15) is 58.8 Å². The molecule has 1 aliphatic heterocycles. The van der Waals surface area contributed by atoms with Crippen LogP contribution in [0.2, 0.25) is 0 Å². The van der Waals surface area contributed by atoms with Crippen molar-refractivity contribution in [2.45, 2.75) is 71.0 Å². The standard InChI is InChI=1S/C26H39NO4/c1-3-4-7-19(2)24(28)11-10-22-23-17-20(16-21(23)18-25(22)29)8-5-6-9-26(30)27-12-14-31-15-13-27/h8,10-11,19,21-25,28-29H,5-7,9,12-18H2,1-2H3/b11-10+,20-8+/t19-,21-,22+,23-,24+,25+/m0/s1. The third kappa shape index (κ3) is 6.68. The van der Waals surface area contributed by atoms with E-state index in [4.69, 9.17) is 4.74 Å². The Morgan fingerprint density at radius 2 is 2.10 bits per heavy atom. The molecule has 1 amide bonds. The van der Waals surface area contributed by atoms with Crippen molar-refractivity contribution in [1.29, 1.82) is 0 Å². The van der Waals surface area contributed by atoms with Gasteiger partial charge in [-0.3, -0.25) is 4.79 Å². The molecule has 3 aliphatic rings. The zero-order chi connectivity index (χ0) is 22.2. The molecule has 2 aliphatic carbocycles. The SMILES string of the molecule is CC#CC[C@H](C)[C@H](O)/C=C/[C@@H]1[C@H]2C/C(=C/CCCC(=O)N3CCOCC3)C[C@H]2C[C@H]1O. The van der Waals surface area contributed by atoms with Crippen molar-refractivity contribution in [3.63, 3.8) is 0 Å². The fourth-order valence-corrected chi connectivity index (χ4v) is 5.29. The third-order valence-corrected chi connectivity index (χ3v) is 7.22. The number of hydrogen-bond donors (Lipinski definition) is 2. The zero-order valence-electron chi connectivity index (χ0n) is 19.1. The molecule has 172 valence electrons. The Kier molecular flexibility index (Phi) is 9.19. The smallest absolute Gasteiger partial charge is 0.222 e. The predicted molar refractivity (Wildman–Crippen MR) is 122 cm³/mol. The number of amides is 1. The second-order valence-electron chi connectivity index (χ2n) is 9.44. The second kappa shape index (κ2) is 11.9. The second-order valence-corrected chi connectivity index (χ2v) is 9.44. The predicted octanol–water partition coefficient (Wildman–Crippen LogP) is 3.32. The minimum absolute atomic E-state index is 0.0947. The van der Waals surface area contributed by atoms with Gasteiger partial charge >= 0.3 is 0 Å². The van der Waals surface area contributed by atoms with Gasteiger partial charge < -0.3 is 19.8 Å². The lowest BCUT2D eigenvalue weighted by atomic mass is 9.89. The van der Waals surface area contributed by atoms with Gasteiger partial charge in [0.2, 0.25) is 5.91 Å². The average molecular weight is 430 g/mol. The molecule has 3 rings (SSSR count). The molecular weight excluding hydrogens is 390 g/mol. The quantitative estimate of drug-likeness (QED) is 0.353. The van der Waals surface area contributed by atoms with Crippen molar-refractivity contribution >= 4 is 5.91 Å². The molecule has 6 atom stereocenters. The van der Waals surface area contributed by atoms with E-state index < -0.39 is 6.10 Å². The summed E-state index contributed by atoms with van der Waals surface area (Å²) in [6, 6.07) is 0. The van der Waals surface area contributed by atoms with Gasteiger partial charge in [-0.05, 0) is 56.8 Å². The van der Waals surface area contributed by atoms with Crippen LogP contribution < -0.4 is 0 Å². The molecule has 2 saturated carbocycles. The van der Waals surface area contributed by atoms with Crippen LogP contribution in [0.15, 0.2) is 23.8 Å². The minimum Gasteiger partial charge on any atom is -0.392 e. The molecule has 0 unspecified atom stereocenters. The number of rotatable bonds is 8. The Labute approximate surface area is 187 Å². The molecule has 5 heteroatoms. The molecule has 1 heterocycles. The molecule has 0 aromatic carbocycles. The maximum absolute atomic E-state index is 12.3. The molecule has 0 aromatic heterocycles. The van der Waals surface area contributed by atoms with E-state index in [9.17, 15) is 15.0 Å². The van der Waals surface area contributed by atoms with Gasteiger partial charge in [-0.1, -0.05) is 30.7 Å². The summed E-state index contributed by atoms with van der Waals surface area (Å²) in [7, 11) is 0. The summed E-state index contributed by atoms with van der Waals surface area (Å²) in [5.41, 5.74) is 1.48. The fourth-order valence-electron chi connectivity index (χ4n) is 5.29. The Morgan fingerprint density at radius 3 is 2.84 bits per heavy atom. The first-order chi connectivity index (χ1) is 15.0. The van der Waals surface area contributed by atoms with Crippen molar-refractivity contribution in [2.75, 3.05) is 26.3 Å². The molecular formula is C26H39NO4.